The third-order valence-electron chi connectivity index (χ3n) is 7.70. The van der Waals surface area contributed by atoms with E-state index < -0.39 is 5.54 Å². The third kappa shape index (κ3) is 4.32. The standard InChI is InChI=1S/C28H35N3O4/c1-4-14-34-21-11-9-20(10-12-21)17-31-26(32)24-16-25-23(13-15-35-25)30(24)18-28(31,3)27(33)29-22-8-6-5-7-19(22)2/h9-13,15-16,19,22H,4-8,14,17-18H2,1-3H3,(H,29,33)/t19-,22+,28-/m1/s1. The highest BCUT2D eigenvalue weighted by Gasteiger charge is 2.48. The molecule has 1 aromatic carbocycles. The molecule has 1 aliphatic carbocycles. The molecule has 35 heavy (non-hydrogen) atoms. The Morgan fingerprint density at radius 1 is 1.20 bits per heavy atom. The highest BCUT2D eigenvalue weighted by Crippen LogP contribution is 2.35. The number of ether oxygens (including phenoxy) is 1. The van der Waals surface area contributed by atoms with Gasteiger partial charge in [-0.1, -0.05) is 38.8 Å². The van der Waals surface area contributed by atoms with Crippen molar-refractivity contribution in [1.82, 2.24) is 14.8 Å². The quantitative estimate of drug-likeness (QED) is 0.512. The summed E-state index contributed by atoms with van der Waals surface area (Å²) in [4.78, 5) is 29.5. The summed E-state index contributed by atoms with van der Waals surface area (Å²) < 4.78 is 13.2. The molecule has 0 spiro atoms. The first kappa shape index (κ1) is 23.5. The van der Waals surface area contributed by atoms with Crippen LogP contribution in [0.2, 0.25) is 0 Å². The second-order valence-electron chi connectivity index (χ2n) is 10.3. The first-order valence-electron chi connectivity index (χ1n) is 12.8. The van der Waals surface area contributed by atoms with Gasteiger partial charge in [-0.25, -0.2) is 0 Å². The predicted molar refractivity (Wildman–Crippen MR) is 134 cm³/mol. The van der Waals surface area contributed by atoms with Gasteiger partial charge in [-0.2, -0.15) is 0 Å². The van der Waals surface area contributed by atoms with Crippen molar-refractivity contribution in [2.75, 3.05) is 6.61 Å². The summed E-state index contributed by atoms with van der Waals surface area (Å²) in [6.45, 7) is 7.55. The van der Waals surface area contributed by atoms with Crippen molar-refractivity contribution in [3.63, 3.8) is 0 Å². The predicted octanol–water partition coefficient (Wildman–Crippen LogP) is 5.13. The molecule has 3 heterocycles. The average molecular weight is 478 g/mol. The molecule has 1 aliphatic heterocycles. The second kappa shape index (κ2) is 9.44. The summed E-state index contributed by atoms with van der Waals surface area (Å²) in [6, 6.07) is 11.6. The molecule has 2 amide bonds. The minimum Gasteiger partial charge on any atom is -0.494 e. The van der Waals surface area contributed by atoms with Gasteiger partial charge in [-0.15, -0.1) is 0 Å². The zero-order chi connectivity index (χ0) is 24.6. The van der Waals surface area contributed by atoms with E-state index in [0.29, 0.717) is 36.9 Å². The summed E-state index contributed by atoms with van der Waals surface area (Å²) in [5, 5.41) is 3.32. The van der Waals surface area contributed by atoms with Gasteiger partial charge >= 0.3 is 0 Å². The van der Waals surface area contributed by atoms with Crippen molar-refractivity contribution in [2.45, 2.75) is 77.5 Å². The molecule has 7 nitrogen and oxygen atoms in total. The second-order valence-corrected chi connectivity index (χ2v) is 10.3. The Labute approximate surface area is 206 Å². The Morgan fingerprint density at radius 3 is 2.71 bits per heavy atom. The number of hydrogen-bond acceptors (Lipinski definition) is 4. The van der Waals surface area contributed by atoms with E-state index in [1.807, 2.05) is 41.8 Å². The van der Waals surface area contributed by atoms with Crippen LogP contribution in [-0.4, -0.2) is 39.5 Å². The summed E-state index contributed by atoms with van der Waals surface area (Å²) in [7, 11) is 0. The minimum absolute atomic E-state index is 0.0940. The van der Waals surface area contributed by atoms with E-state index in [0.717, 1.165) is 42.5 Å². The van der Waals surface area contributed by atoms with Crippen LogP contribution in [0.5, 0.6) is 5.75 Å². The number of fused-ring (bicyclic) bond motifs is 3. The highest BCUT2D eigenvalue weighted by molar-refractivity contribution is 6.02. The van der Waals surface area contributed by atoms with E-state index in [-0.39, 0.29) is 17.9 Å². The molecule has 0 unspecified atom stereocenters. The van der Waals surface area contributed by atoms with Crippen LogP contribution >= 0.6 is 0 Å². The summed E-state index contributed by atoms with van der Waals surface area (Å²) in [5.74, 6) is 0.982. The Bertz CT molecular complexity index is 1210. The first-order valence-corrected chi connectivity index (χ1v) is 12.8. The molecule has 1 saturated carbocycles. The van der Waals surface area contributed by atoms with Crippen LogP contribution in [0, 0.1) is 5.92 Å². The molecular formula is C28H35N3O4. The van der Waals surface area contributed by atoms with Crippen molar-refractivity contribution in [2.24, 2.45) is 5.92 Å². The monoisotopic (exact) mass is 477 g/mol. The SMILES string of the molecule is CCCOc1ccc(CN2C(=O)c3cc4occc4n3C[C@]2(C)C(=O)N[C@H]2CCCC[C@H]2C)cc1. The van der Waals surface area contributed by atoms with Gasteiger partial charge in [0, 0.05) is 24.7 Å². The number of benzene rings is 1. The Kier molecular flexibility index (Phi) is 6.34. The van der Waals surface area contributed by atoms with Crippen LogP contribution in [0.4, 0.5) is 0 Å². The Balaban J connectivity index is 1.47. The van der Waals surface area contributed by atoms with Gasteiger partial charge in [0.1, 0.15) is 17.0 Å². The molecular weight excluding hydrogens is 442 g/mol. The number of furan rings is 1. The maximum Gasteiger partial charge on any atom is 0.271 e. The average Bonchev–Trinajstić information content (AvgIpc) is 3.45. The van der Waals surface area contributed by atoms with Gasteiger partial charge in [0.2, 0.25) is 5.91 Å². The zero-order valence-electron chi connectivity index (χ0n) is 20.9. The van der Waals surface area contributed by atoms with Crippen LogP contribution in [0.1, 0.15) is 68.9 Å². The molecule has 3 atom stereocenters. The number of carbonyl (C=O) groups is 2. The van der Waals surface area contributed by atoms with E-state index in [4.69, 9.17) is 9.15 Å². The number of hydrogen-bond donors (Lipinski definition) is 1. The Morgan fingerprint density at radius 2 is 1.97 bits per heavy atom. The lowest BCUT2D eigenvalue weighted by molar-refractivity contribution is -0.134. The topological polar surface area (TPSA) is 76.7 Å². The van der Waals surface area contributed by atoms with E-state index in [2.05, 4.69) is 19.2 Å². The smallest absolute Gasteiger partial charge is 0.271 e. The number of nitrogens with zero attached hydrogens (tertiary/aromatic N) is 2. The summed E-state index contributed by atoms with van der Waals surface area (Å²) >= 11 is 0. The molecule has 0 radical (unpaired) electrons. The molecule has 0 bridgehead atoms. The van der Waals surface area contributed by atoms with Gasteiger partial charge < -0.3 is 23.9 Å². The normalized spacial score (nSPS) is 24.4. The lowest BCUT2D eigenvalue weighted by Gasteiger charge is -2.45. The van der Waals surface area contributed by atoms with Crippen LogP contribution in [0.15, 0.2) is 47.1 Å². The van der Waals surface area contributed by atoms with Gasteiger partial charge in [0.05, 0.1) is 24.9 Å². The molecule has 186 valence electrons. The molecule has 1 fully saturated rings. The van der Waals surface area contributed by atoms with Crippen molar-refractivity contribution < 1.29 is 18.7 Å². The maximum atomic E-state index is 13.9. The van der Waals surface area contributed by atoms with E-state index >= 15 is 0 Å². The highest BCUT2D eigenvalue weighted by atomic mass is 16.5. The summed E-state index contributed by atoms with van der Waals surface area (Å²) in [6.07, 6.45) is 7.00. The lowest BCUT2D eigenvalue weighted by atomic mass is 9.85. The van der Waals surface area contributed by atoms with Crippen LogP contribution in [0.3, 0.4) is 0 Å². The van der Waals surface area contributed by atoms with Crippen molar-refractivity contribution >= 4 is 22.9 Å². The van der Waals surface area contributed by atoms with Crippen LogP contribution < -0.4 is 10.1 Å². The number of rotatable bonds is 7. The number of carbonyl (C=O) groups excluding carboxylic acids is 2. The van der Waals surface area contributed by atoms with Gasteiger partial charge in [-0.05, 0) is 49.8 Å². The van der Waals surface area contributed by atoms with Crippen LogP contribution in [0.25, 0.3) is 11.1 Å². The number of nitrogens with one attached hydrogen (secondary N) is 1. The molecule has 3 aromatic rings. The van der Waals surface area contributed by atoms with E-state index in [9.17, 15) is 9.59 Å². The zero-order valence-corrected chi connectivity index (χ0v) is 20.9. The largest absolute Gasteiger partial charge is 0.494 e. The maximum absolute atomic E-state index is 13.9. The fraction of sp³-hybridized carbons (Fsp3) is 0.500. The lowest BCUT2D eigenvalue weighted by Crippen LogP contribution is -2.65. The third-order valence-corrected chi connectivity index (χ3v) is 7.70. The fourth-order valence-electron chi connectivity index (χ4n) is 5.47. The first-order chi connectivity index (χ1) is 16.9. The number of aromatic nitrogens is 1. The fourth-order valence-corrected chi connectivity index (χ4v) is 5.47. The van der Waals surface area contributed by atoms with Gasteiger partial charge in [0.15, 0.2) is 5.58 Å². The Hall–Kier alpha value is -3.22. The minimum atomic E-state index is -1.04. The summed E-state index contributed by atoms with van der Waals surface area (Å²) in [5.41, 5.74) is 1.98. The van der Waals surface area contributed by atoms with Gasteiger partial charge in [0.25, 0.3) is 5.91 Å². The molecule has 2 aromatic heterocycles. The van der Waals surface area contributed by atoms with Gasteiger partial charge in [-0.3, -0.25) is 9.59 Å². The molecule has 7 heteroatoms. The van der Waals surface area contributed by atoms with E-state index in [1.54, 1.807) is 17.2 Å². The molecule has 5 rings (SSSR count). The van der Waals surface area contributed by atoms with Crippen LogP contribution in [-0.2, 0) is 17.9 Å². The van der Waals surface area contributed by atoms with E-state index in [1.165, 1.54) is 6.42 Å². The van der Waals surface area contributed by atoms with Crippen molar-refractivity contribution in [1.29, 1.82) is 0 Å². The molecule has 1 N–H and O–H groups in total. The van der Waals surface area contributed by atoms with Crippen molar-refractivity contribution in [3.05, 3.63) is 53.9 Å². The molecule has 2 aliphatic rings. The van der Waals surface area contributed by atoms with Crippen molar-refractivity contribution in [3.8, 4) is 5.75 Å². The number of amides is 2. The molecule has 0 saturated heterocycles.